The molecule has 0 aliphatic carbocycles. The lowest BCUT2D eigenvalue weighted by molar-refractivity contribution is -0.135. The Kier molecular flexibility index (Phi) is 5.59. The number of aryl methyl sites for hydroxylation is 2. The summed E-state index contributed by atoms with van der Waals surface area (Å²) >= 11 is 0. The number of benzene rings is 1. The molecule has 7 nitrogen and oxygen atoms in total. The van der Waals surface area contributed by atoms with Crippen molar-refractivity contribution in [2.45, 2.75) is 20.3 Å². The number of hydrogen-bond donors (Lipinski definition) is 1. The summed E-state index contributed by atoms with van der Waals surface area (Å²) in [6, 6.07) is 9.08. The number of hydrogen-bond acceptors (Lipinski definition) is 4. The van der Waals surface area contributed by atoms with Gasteiger partial charge in [-0.05, 0) is 43.2 Å². The van der Waals surface area contributed by atoms with E-state index in [0.29, 0.717) is 31.9 Å². The van der Waals surface area contributed by atoms with Crippen molar-refractivity contribution < 1.29 is 18.8 Å². The Hall–Kier alpha value is -3.09. The minimum atomic E-state index is -0.331. The van der Waals surface area contributed by atoms with E-state index in [9.17, 15) is 14.4 Å². The van der Waals surface area contributed by atoms with E-state index in [-0.39, 0.29) is 24.1 Å². The van der Waals surface area contributed by atoms with Crippen LogP contribution in [0.25, 0.3) is 0 Å². The first-order chi connectivity index (χ1) is 12.9. The van der Waals surface area contributed by atoms with Crippen molar-refractivity contribution in [1.82, 2.24) is 9.80 Å². The quantitative estimate of drug-likeness (QED) is 0.838. The van der Waals surface area contributed by atoms with Gasteiger partial charge in [0, 0.05) is 31.9 Å². The highest BCUT2D eigenvalue weighted by Gasteiger charge is 2.26. The van der Waals surface area contributed by atoms with E-state index in [1.807, 2.05) is 32.0 Å². The molecule has 0 radical (unpaired) electrons. The molecule has 1 saturated heterocycles. The monoisotopic (exact) mass is 369 g/mol. The summed E-state index contributed by atoms with van der Waals surface area (Å²) < 4.78 is 5.13. The minimum Gasteiger partial charge on any atom is -0.459 e. The van der Waals surface area contributed by atoms with Gasteiger partial charge in [-0.3, -0.25) is 14.4 Å². The molecule has 3 rings (SSSR count). The van der Waals surface area contributed by atoms with E-state index in [1.54, 1.807) is 21.9 Å². The fourth-order valence-electron chi connectivity index (χ4n) is 3.03. The van der Waals surface area contributed by atoms with Crippen LogP contribution in [0.15, 0.2) is 41.0 Å². The van der Waals surface area contributed by atoms with E-state index in [0.717, 1.165) is 16.8 Å². The fourth-order valence-corrected chi connectivity index (χ4v) is 3.03. The van der Waals surface area contributed by atoms with Crippen LogP contribution in [0.1, 0.15) is 28.1 Å². The lowest BCUT2D eigenvalue weighted by Crippen LogP contribution is -2.51. The van der Waals surface area contributed by atoms with Crippen LogP contribution in [0, 0.1) is 13.8 Å². The Morgan fingerprint density at radius 1 is 1.04 bits per heavy atom. The maximum absolute atomic E-state index is 12.4. The number of nitrogens with zero attached hydrogens (tertiary/aromatic N) is 2. The Morgan fingerprint density at radius 2 is 1.74 bits per heavy atom. The summed E-state index contributed by atoms with van der Waals surface area (Å²) in [7, 11) is 0. The van der Waals surface area contributed by atoms with Gasteiger partial charge >= 0.3 is 0 Å². The van der Waals surface area contributed by atoms with Gasteiger partial charge in [0.05, 0.1) is 6.26 Å². The number of carbonyl (C=O) groups excluding carboxylic acids is 3. The molecule has 2 heterocycles. The van der Waals surface area contributed by atoms with Crippen molar-refractivity contribution in [3.05, 3.63) is 53.5 Å². The predicted octanol–water partition coefficient (Wildman–Crippen LogP) is 2.21. The Bertz CT molecular complexity index is 837. The van der Waals surface area contributed by atoms with Crippen LogP contribution in [0.3, 0.4) is 0 Å². The number of nitrogens with one attached hydrogen (secondary N) is 1. The molecule has 0 saturated carbocycles. The molecule has 0 unspecified atom stereocenters. The molecular formula is C20H23N3O4. The van der Waals surface area contributed by atoms with Gasteiger partial charge in [-0.15, -0.1) is 0 Å². The maximum Gasteiger partial charge on any atom is 0.289 e. The predicted molar refractivity (Wildman–Crippen MR) is 100 cm³/mol. The first-order valence-corrected chi connectivity index (χ1v) is 8.91. The van der Waals surface area contributed by atoms with Gasteiger partial charge in [-0.1, -0.05) is 12.1 Å². The van der Waals surface area contributed by atoms with E-state index < -0.39 is 0 Å². The summed E-state index contributed by atoms with van der Waals surface area (Å²) in [5.41, 5.74) is 2.72. The zero-order valence-electron chi connectivity index (χ0n) is 15.5. The second-order valence-electron chi connectivity index (χ2n) is 6.69. The SMILES string of the molecule is Cc1ccc(C)c(NC(=O)CC(=O)N2CCN(C(=O)c3ccco3)CC2)c1. The number of rotatable bonds is 4. The maximum atomic E-state index is 12.4. The Balaban J connectivity index is 1.50. The highest BCUT2D eigenvalue weighted by atomic mass is 16.3. The highest BCUT2D eigenvalue weighted by molar-refractivity contribution is 6.04. The highest BCUT2D eigenvalue weighted by Crippen LogP contribution is 2.17. The summed E-state index contributed by atoms with van der Waals surface area (Å²) in [4.78, 5) is 40.1. The number of piperazine rings is 1. The third-order valence-electron chi connectivity index (χ3n) is 4.63. The van der Waals surface area contributed by atoms with Crippen molar-refractivity contribution in [2.75, 3.05) is 31.5 Å². The summed E-state index contributed by atoms with van der Waals surface area (Å²) in [5.74, 6) is -0.451. The molecule has 1 aromatic carbocycles. The molecule has 1 fully saturated rings. The molecule has 1 aliphatic heterocycles. The van der Waals surface area contributed by atoms with E-state index in [4.69, 9.17) is 4.42 Å². The van der Waals surface area contributed by atoms with Crippen LogP contribution in [-0.2, 0) is 9.59 Å². The molecular weight excluding hydrogens is 346 g/mol. The molecule has 7 heteroatoms. The van der Waals surface area contributed by atoms with Gasteiger partial charge in [-0.25, -0.2) is 0 Å². The number of furan rings is 1. The molecule has 1 N–H and O–H groups in total. The molecule has 0 bridgehead atoms. The smallest absolute Gasteiger partial charge is 0.289 e. The second-order valence-corrected chi connectivity index (χ2v) is 6.69. The van der Waals surface area contributed by atoms with Crippen molar-refractivity contribution in [2.24, 2.45) is 0 Å². The average Bonchev–Trinajstić information content (AvgIpc) is 3.19. The first-order valence-electron chi connectivity index (χ1n) is 8.91. The molecule has 142 valence electrons. The summed E-state index contributed by atoms with van der Waals surface area (Å²) in [5, 5.41) is 2.80. The lowest BCUT2D eigenvalue weighted by atomic mass is 10.1. The third-order valence-corrected chi connectivity index (χ3v) is 4.63. The number of anilines is 1. The van der Waals surface area contributed by atoms with Crippen molar-refractivity contribution in [1.29, 1.82) is 0 Å². The zero-order chi connectivity index (χ0) is 19.4. The Labute approximate surface area is 157 Å². The van der Waals surface area contributed by atoms with Crippen LogP contribution in [0.5, 0.6) is 0 Å². The molecule has 0 spiro atoms. The van der Waals surface area contributed by atoms with Crippen molar-refractivity contribution >= 4 is 23.4 Å². The first kappa shape index (κ1) is 18.7. The van der Waals surface area contributed by atoms with Crippen LogP contribution in [0.4, 0.5) is 5.69 Å². The van der Waals surface area contributed by atoms with E-state index >= 15 is 0 Å². The fraction of sp³-hybridized carbons (Fsp3) is 0.350. The normalized spacial score (nSPS) is 14.1. The second kappa shape index (κ2) is 8.07. The van der Waals surface area contributed by atoms with Crippen molar-refractivity contribution in [3.63, 3.8) is 0 Å². The molecule has 1 aromatic heterocycles. The van der Waals surface area contributed by atoms with Gasteiger partial charge in [0.2, 0.25) is 11.8 Å². The summed E-state index contributed by atoms with van der Waals surface area (Å²) in [6.45, 7) is 5.51. The van der Waals surface area contributed by atoms with Gasteiger partial charge in [-0.2, -0.15) is 0 Å². The zero-order valence-corrected chi connectivity index (χ0v) is 15.5. The number of amides is 3. The Morgan fingerprint density at radius 3 is 2.41 bits per heavy atom. The van der Waals surface area contributed by atoms with Gasteiger partial charge < -0.3 is 19.5 Å². The summed E-state index contributed by atoms with van der Waals surface area (Å²) in [6.07, 6.45) is 1.25. The molecule has 1 aliphatic rings. The molecule has 2 aromatic rings. The van der Waals surface area contributed by atoms with Gasteiger partial charge in [0.1, 0.15) is 6.42 Å². The van der Waals surface area contributed by atoms with Gasteiger partial charge in [0.15, 0.2) is 5.76 Å². The average molecular weight is 369 g/mol. The molecule has 3 amide bonds. The van der Waals surface area contributed by atoms with Crippen molar-refractivity contribution in [3.8, 4) is 0 Å². The topological polar surface area (TPSA) is 82.9 Å². The minimum absolute atomic E-state index is 0.181. The van der Waals surface area contributed by atoms with Gasteiger partial charge in [0.25, 0.3) is 5.91 Å². The lowest BCUT2D eigenvalue weighted by Gasteiger charge is -2.34. The third kappa shape index (κ3) is 4.55. The largest absolute Gasteiger partial charge is 0.459 e. The van der Waals surface area contributed by atoms with E-state index in [2.05, 4.69) is 5.32 Å². The molecule has 0 atom stereocenters. The number of carbonyl (C=O) groups is 3. The van der Waals surface area contributed by atoms with Crippen LogP contribution in [-0.4, -0.2) is 53.7 Å². The molecule has 27 heavy (non-hydrogen) atoms. The van der Waals surface area contributed by atoms with Crippen LogP contribution >= 0.6 is 0 Å². The van der Waals surface area contributed by atoms with E-state index in [1.165, 1.54) is 6.26 Å². The van der Waals surface area contributed by atoms with Crippen LogP contribution < -0.4 is 5.32 Å². The standard InChI is InChI=1S/C20H23N3O4/c1-14-5-6-15(2)16(12-14)21-18(24)13-19(25)22-7-9-23(10-8-22)20(26)17-4-3-11-27-17/h3-6,11-12H,7-10,13H2,1-2H3,(H,21,24). The van der Waals surface area contributed by atoms with Crippen LogP contribution in [0.2, 0.25) is 0 Å².